The third-order valence-electron chi connectivity index (χ3n) is 6.16. The molecule has 206 valence electrons. The topological polar surface area (TPSA) is 66.8 Å². The average molecular weight is 582 g/mol. The molecule has 0 radical (unpaired) electrons. The molecule has 4 rings (SSSR count). The largest absolute Gasteiger partial charge is 0.513 e. The van der Waals surface area contributed by atoms with Crippen molar-refractivity contribution in [1.82, 2.24) is 0 Å². The van der Waals surface area contributed by atoms with Gasteiger partial charge in [0, 0.05) is 12.0 Å². The van der Waals surface area contributed by atoms with Crippen molar-refractivity contribution >= 4 is 39.0 Å². The summed E-state index contributed by atoms with van der Waals surface area (Å²) in [5.74, 6) is -0.455. The molecule has 0 aromatic heterocycles. The average Bonchev–Trinajstić information content (AvgIpc) is 2.86. The fourth-order valence-electron chi connectivity index (χ4n) is 4.28. The maximum absolute atomic E-state index is 14.4. The Bertz CT molecular complexity index is 1530. The molecule has 1 aliphatic heterocycles. The predicted molar refractivity (Wildman–Crippen MR) is 143 cm³/mol. The van der Waals surface area contributed by atoms with Crippen LogP contribution in [0.2, 0.25) is 5.02 Å². The second-order valence-electron chi connectivity index (χ2n) is 9.06. The van der Waals surface area contributed by atoms with Crippen LogP contribution in [-0.2, 0) is 16.2 Å². The maximum atomic E-state index is 14.4. The summed E-state index contributed by atoms with van der Waals surface area (Å²) in [5, 5.41) is 9.71. The normalized spacial score (nSPS) is 16.0. The Kier molecular flexibility index (Phi) is 7.99. The van der Waals surface area contributed by atoms with Crippen molar-refractivity contribution in [3.05, 3.63) is 101 Å². The number of nitrogens with zero attached hydrogens (tertiary/aromatic N) is 1. The number of sulfonamides is 1. The molecule has 1 N–H and O–H groups in total. The van der Waals surface area contributed by atoms with Crippen LogP contribution in [0.15, 0.2) is 77.9 Å². The second-order valence-corrected chi connectivity index (χ2v) is 11.3. The molecule has 0 bridgehead atoms. The highest BCUT2D eigenvalue weighted by Crippen LogP contribution is 2.40. The number of fused-ring (bicyclic) bond motifs is 1. The zero-order valence-corrected chi connectivity index (χ0v) is 22.2. The summed E-state index contributed by atoms with van der Waals surface area (Å²) < 4.78 is 88.8. The van der Waals surface area contributed by atoms with Gasteiger partial charge < -0.3 is 9.84 Å². The van der Waals surface area contributed by atoms with E-state index in [1.54, 1.807) is 25.1 Å². The maximum Gasteiger partial charge on any atom is 0.416 e. The molecule has 0 fully saturated rings. The van der Waals surface area contributed by atoms with Gasteiger partial charge in [-0.3, -0.25) is 4.31 Å². The van der Waals surface area contributed by atoms with Crippen LogP contribution in [0.5, 0.6) is 5.75 Å². The number of rotatable bonds is 7. The van der Waals surface area contributed by atoms with Crippen molar-refractivity contribution < 1.29 is 35.8 Å². The first-order valence-corrected chi connectivity index (χ1v) is 13.6. The predicted octanol–water partition coefficient (Wildman–Crippen LogP) is 7.87. The van der Waals surface area contributed by atoms with Crippen molar-refractivity contribution in [3.63, 3.8) is 0 Å². The molecule has 11 heteroatoms. The third kappa shape index (κ3) is 6.23. The molecular weight excluding hydrogens is 558 g/mol. The smallest absolute Gasteiger partial charge is 0.416 e. The highest BCUT2D eigenvalue weighted by Gasteiger charge is 2.37. The first-order valence-electron chi connectivity index (χ1n) is 11.8. The van der Waals surface area contributed by atoms with Gasteiger partial charge in [-0.05, 0) is 66.9 Å². The molecule has 0 spiro atoms. The standard InChI is InChI=1S/C28H24ClF4NO4S/c1-17(27-23(29)7-4-8-24(27)30)13-19-10-12-26-25(14-19)34(16-21(38-26)11-9-18(2)35)39(36,37)22-6-3-5-20(15-22)28(31,32)33/h3-8,10,12-15,21,35H,2,9,11,16H2,1H3/b17-13+/t21-/m0/s1. The minimum absolute atomic E-state index is 0.104. The van der Waals surface area contributed by atoms with Gasteiger partial charge in [0.05, 0.1) is 33.5 Å². The van der Waals surface area contributed by atoms with E-state index in [2.05, 4.69) is 6.58 Å². The molecule has 1 aliphatic rings. The minimum atomic E-state index is -4.73. The van der Waals surface area contributed by atoms with Crippen LogP contribution in [0.4, 0.5) is 23.2 Å². The van der Waals surface area contributed by atoms with Gasteiger partial charge in [0.25, 0.3) is 10.0 Å². The van der Waals surface area contributed by atoms with E-state index < -0.39 is 38.6 Å². The number of anilines is 1. The van der Waals surface area contributed by atoms with Crippen LogP contribution in [0.1, 0.15) is 36.5 Å². The van der Waals surface area contributed by atoms with Crippen molar-refractivity contribution in [2.45, 2.75) is 36.9 Å². The van der Waals surface area contributed by atoms with Crippen LogP contribution in [0, 0.1) is 5.82 Å². The fourth-order valence-corrected chi connectivity index (χ4v) is 6.14. The highest BCUT2D eigenvalue weighted by molar-refractivity contribution is 7.92. The zero-order chi connectivity index (χ0) is 28.5. The van der Waals surface area contributed by atoms with Crippen LogP contribution < -0.4 is 9.04 Å². The van der Waals surface area contributed by atoms with Gasteiger partial charge in [0.15, 0.2) is 0 Å². The summed E-state index contributed by atoms with van der Waals surface area (Å²) >= 11 is 6.18. The van der Waals surface area contributed by atoms with E-state index in [-0.39, 0.29) is 47.2 Å². The van der Waals surface area contributed by atoms with Gasteiger partial charge >= 0.3 is 6.18 Å². The quantitative estimate of drug-likeness (QED) is 0.175. The Morgan fingerprint density at radius 3 is 2.56 bits per heavy atom. The Balaban J connectivity index is 1.80. The lowest BCUT2D eigenvalue weighted by Gasteiger charge is -2.36. The van der Waals surface area contributed by atoms with E-state index >= 15 is 0 Å². The van der Waals surface area contributed by atoms with Gasteiger partial charge in [0.1, 0.15) is 17.7 Å². The third-order valence-corrected chi connectivity index (χ3v) is 8.25. The van der Waals surface area contributed by atoms with Crippen molar-refractivity contribution in [3.8, 4) is 5.75 Å². The molecule has 3 aromatic carbocycles. The van der Waals surface area contributed by atoms with E-state index in [4.69, 9.17) is 16.3 Å². The van der Waals surface area contributed by atoms with Crippen LogP contribution in [0.3, 0.4) is 0 Å². The molecule has 1 heterocycles. The molecule has 0 amide bonds. The number of ether oxygens (including phenoxy) is 1. The van der Waals surface area contributed by atoms with Crippen LogP contribution in [-0.4, -0.2) is 26.2 Å². The lowest BCUT2D eigenvalue weighted by molar-refractivity contribution is -0.137. The Morgan fingerprint density at radius 1 is 1.18 bits per heavy atom. The number of allylic oxidation sites excluding steroid dienone is 2. The highest BCUT2D eigenvalue weighted by atomic mass is 35.5. The Hall–Kier alpha value is -3.50. The number of aliphatic hydroxyl groups excluding tert-OH is 1. The Labute approximate surface area is 228 Å². The van der Waals surface area contributed by atoms with E-state index in [0.29, 0.717) is 17.2 Å². The molecular formula is C28H24ClF4NO4S. The van der Waals surface area contributed by atoms with E-state index in [9.17, 15) is 31.1 Å². The van der Waals surface area contributed by atoms with Crippen molar-refractivity contribution in [1.29, 1.82) is 0 Å². The second kappa shape index (κ2) is 10.9. The number of aliphatic hydroxyl groups is 1. The summed E-state index contributed by atoms with van der Waals surface area (Å²) in [6.45, 7) is 4.86. The summed E-state index contributed by atoms with van der Waals surface area (Å²) in [6.07, 6.45) is -3.47. The molecule has 0 aliphatic carbocycles. The first-order chi connectivity index (χ1) is 18.3. The van der Waals surface area contributed by atoms with Crippen LogP contribution >= 0.6 is 11.6 Å². The molecule has 39 heavy (non-hydrogen) atoms. The summed E-state index contributed by atoms with van der Waals surface area (Å²) in [4.78, 5) is -0.536. The molecule has 0 saturated carbocycles. The lowest BCUT2D eigenvalue weighted by Crippen LogP contribution is -2.43. The molecule has 3 aromatic rings. The van der Waals surface area contributed by atoms with Gasteiger partial charge in [-0.15, -0.1) is 0 Å². The fraction of sp³-hybridized carbons (Fsp3) is 0.214. The molecule has 0 unspecified atom stereocenters. The van der Waals surface area contributed by atoms with Gasteiger partial charge in [-0.25, -0.2) is 12.8 Å². The molecule has 1 atom stereocenters. The van der Waals surface area contributed by atoms with Gasteiger partial charge in [-0.2, -0.15) is 13.2 Å². The summed E-state index contributed by atoms with van der Waals surface area (Å²) in [5.41, 5.74) is 0.153. The SMILES string of the molecule is C=C(O)CC[C@H]1CN(S(=O)(=O)c2cccc(C(F)(F)F)c2)c2cc(/C=C(\C)c3c(F)cccc3Cl)ccc2O1. The van der Waals surface area contributed by atoms with Crippen molar-refractivity contribution in [2.24, 2.45) is 0 Å². The van der Waals surface area contributed by atoms with Gasteiger partial charge in [-0.1, -0.05) is 42.5 Å². The van der Waals surface area contributed by atoms with Crippen molar-refractivity contribution in [2.75, 3.05) is 10.8 Å². The minimum Gasteiger partial charge on any atom is -0.513 e. The molecule has 0 saturated heterocycles. The number of benzene rings is 3. The van der Waals surface area contributed by atoms with Crippen LogP contribution in [0.25, 0.3) is 11.6 Å². The monoisotopic (exact) mass is 581 g/mol. The molecule has 5 nitrogen and oxygen atoms in total. The summed E-state index contributed by atoms with van der Waals surface area (Å²) in [6, 6.07) is 12.5. The lowest BCUT2D eigenvalue weighted by atomic mass is 10.0. The van der Waals surface area contributed by atoms with E-state index in [0.717, 1.165) is 22.5 Å². The summed E-state index contributed by atoms with van der Waals surface area (Å²) in [7, 11) is -4.47. The zero-order valence-electron chi connectivity index (χ0n) is 20.7. The Morgan fingerprint density at radius 2 is 1.90 bits per heavy atom. The number of alkyl halides is 3. The van der Waals surface area contributed by atoms with E-state index in [1.807, 2.05) is 0 Å². The number of hydrogen-bond donors (Lipinski definition) is 1. The number of hydrogen-bond acceptors (Lipinski definition) is 4. The van der Waals surface area contributed by atoms with E-state index in [1.165, 1.54) is 24.3 Å². The first kappa shape index (κ1) is 28.5. The van der Waals surface area contributed by atoms with Gasteiger partial charge in [0.2, 0.25) is 0 Å². The number of halogens is 5.